The molecule has 242 valence electrons. The van der Waals surface area contributed by atoms with Crippen LogP contribution in [0.15, 0.2) is 185 Å². The maximum Gasteiger partial charge on any atom is 0.135 e. The zero-order valence-electron chi connectivity index (χ0n) is 27.8. The highest BCUT2D eigenvalue weighted by Gasteiger charge is 2.28. The van der Waals surface area contributed by atoms with Gasteiger partial charge in [0.15, 0.2) is 0 Å². The number of fused-ring (bicyclic) bond motifs is 5. The van der Waals surface area contributed by atoms with Gasteiger partial charge in [-0.15, -0.1) is 0 Å². The Morgan fingerprint density at radius 2 is 1.06 bits per heavy atom. The third-order valence-corrected chi connectivity index (χ3v) is 10.1. The first-order chi connectivity index (χ1) is 25.2. The van der Waals surface area contributed by atoms with Crippen LogP contribution in [0.1, 0.15) is 29.0 Å². The van der Waals surface area contributed by atoms with Crippen LogP contribution in [-0.2, 0) is 0 Å². The van der Waals surface area contributed by atoms with Crippen LogP contribution >= 0.6 is 0 Å². The molecule has 1 aliphatic rings. The van der Waals surface area contributed by atoms with Crippen LogP contribution in [0.3, 0.4) is 0 Å². The molecule has 0 amide bonds. The summed E-state index contributed by atoms with van der Waals surface area (Å²) in [4.78, 5) is 5.30. The van der Waals surface area contributed by atoms with Crippen molar-refractivity contribution in [2.45, 2.75) is 12.3 Å². The molecule has 4 heteroatoms. The molecule has 51 heavy (non-hydrogen) atoms. The average molecular weight is 656 g/mol. The molecule has 2 unspecified atom stereocenters. The fourth-order valence-electron chi connectivity index (χ4n) is 7.50. The highest BCUT2D eigenvalue weighted by Crippen LogP contribution is 2.38. The van der Waals surface area contributed by atoms with Crippen molar-refractivity contribution >= 4 is 49.3 Å². The lowest BCUT2D eigenvalue weighted by atomic mass is 9.98. The standard InChI is InChI=1S/C47H33N3O/c1-2-9-30(10-3-1)38-25-26-42-41(29-38)44-40(15-8-16-43(44)51-42)47-49-45(48-46(50-47)39-24-20-32-12-5-7-14-36(32)28-39)34-21-17-33(18-22-34)37-23-19-31-11-4-6-13-35(31)27-37/h1-29,45,47,49H,(H,48,50). The fraction of sp³-hybridized carbons (Fsp3) is 0.0426. The number of furan rings is 1. The van der Waals surface area contributed by atoms with Crippen LogP contribution in [0.4, 0.5) is 0 Å². The topological polar surface area (TPSA) is 49.6 Å². The van der Waals surface area contributed by atoms with Crippen LogP contribution < -0.4 is 10.6 Å². The fourth-order valence-corrected chi connectivity index (χ4v) is 7.50. The normalized spacial score (nSPS) is 16.0. The van der Waals surface area contributed by atoms with Crippen LogP contribution in [0, 0.1) is 0 Å². The minimum Gasteiger partial charge on any atom is -0.456 e. The first-order valence-electron chi connectivity index (χ1n) is 17.4. The molecule has 9 aromatic rings. The number of benzene rings is 8. The molecule has 0 saturated heterocycles. The smallest absolute Gasteiger partial charge is 0.135 e. The summed E-state index contributed by atoms with van der Waals surface area (Å²) in [5, 5.41) is 14.7. The van der Waals surface area contributed by atoms with Crippen LogP contribution in [-0.4, -0.2) is 5.84 Å². The van der Waals surface area contributed by atoms with Crippen molar-refractivity contribution < 1.29 is 4.42 Å². The number of nitrogens with one attached hydrogen (secondary N) is 2. The number of amidine groups is 1. The van der Waals surface area contributed by atoms with E-state index in [2.05, 4.69) is 187 Å². The molecule has 0 fully saturated rings. The minimum absolute atomic E-state index is 0.237. The number of hydrogen-bond acceptors (Lipinski definition) is 4. The van der Waals surface area contributed by atoms with E-state index in [1.807, 2.05) is 0 Å². The second kappa shape index (κ2) is 12.1. The van der Waals surface area contributed by atoms with E-state index in [4.69, 9.17) is 9.41 Å². The lowest BCUT2D eigenvalue weighted by Gasteiger charge is -2.32. The average Bonchev–Trinajstić information content (AvgIpc) is 3.59. The van der Waals surface area contributed by atoms with Gasteiger partial charge in [0.25, 0.3) is 0 Å². The van der Waals surface area contributed by atoms with Gasteiger partial charge in [-0.2, -0.15) is 0 Å². The Kier molecular flexibility index (Phi) is 7.00. The van der Waals surface area contributed by atoms with Gasteiger partial charge < -0.3 is 9.73 Å². The molecule has 10 rings (SSSR count). The van der Waals surface area contributed by atoms with Gasteiger partial charge in [0.2, 0.25) is 0 Å². The van der Waals surface area contributed by atoms with E-state index >= 15 is 0 Å². The van der Waals surface area contributed by atoms with Crippen LogP contribution in [0.25, 0.3) is 65.7 Å². The Morgan fingerprint density at radius 1 is 0.451 bits per heavy atom. The van der Waals surface area contributed by atoms with Crippen molar-refractivity contribution in [2.24, 2.45) is 4.99 Å². The number of rotatable bonds is 5. The summed E-state index contributed by atoms with van der Waals surface area (Å²) < 4.78 is 6.44. The van der Waals surface area contributed by atoms with Crippen molar-refractivity contribution in [2.75, 3.05) is 0 Å². The molecule has 8 aromatic carbocycles. The summed E-state index contributed by atoms with van der Waals surface area (Å²) in [7, 11) is 0. The van der Waals surface area contributed by atoms with Gasteiger partial charge in [-0.1, -0.05) is 146 Å². The van der Waals surface area contributed by atoms with E-state index in [0.717, 1.165) is 50.0 Å². The van der Waals surface area contributed by atoms with E-state index in [0.29, 0.717) is 0 Å². The first kappa shape index (κ1) is 29.4. The van der Waals surface area contributed by atoms with Gasteiger partial charge >= 0.3 is 0 Å². The second-order valence-corrected chi connectivity index (χ2v) is 13.3. The molecule has 0 radical (unpaired) electrons. The quantitative estimate of drug-likeness (QED) is 0.194. The Labute approximate surface area is 295 Å². The molecular formula is C47H33N3O. The van der Waals surface area contributed by atoms with Crippen LogP contribution in [0.5, 0.6) is 0 Å². The first-order valence-corrected chi connectivity index (χ1v) is 17.4. The van der Waals surface area contributed by atoms with E-state index in [1.54, 1.807) is 0 Å². The molecule has 4 nitrogen and oxygen atoms in total. The molecule has 0 spiro atoms. The summed E-state index contributed by atoms with van der Waals surface area (Å²) >= 11 is 0. The Hall–Kier alpha value is -6.49. The summed E-state index contributed by atoms with van der Waals surface area (Å²) in [5.41, 5.74) is 9.71. The SMILES string of the molecule is c1ccc(-c2ccc3oc4cccc(C5NC(c6ccc7ccccc7c6)=NC(c6ccc(-c7ccc8ccccc8c7)cc6)N5)c4c3c2)cc1. The lowest BCUT2D eigenvalue weighted by molar-refractivity contribution is 0.411. The highest BCUT2D eigenvalue weighted by molar-refractivity contribution is 6.09. The van der Waals surface area contributed by atoms with Gasteiger partial charge in [0.1, 0.15) is 29.3 Å². The molecule has 2 heterocycles. The summed E-state index contributed by atoms with van der Waals surface area (Å²) in [6, 6.07) is 62.3. The zero-order valence-corrected chi connectivity index (χ0v) is 27.8. The predicted octanol–water partition coefficient (Wildman–Crippen LogP) is 11.6. The van der Waals surface area contributed by atoms with Crippen molar-refractivity contribution in [3.63, 3.8) is 0 Å². The number of aliphatic imine (C=N–C) groups is 1. The molecule has 2 N–H and O–H groups in total. The maximum absolute atomic E-state index is 6.44. The maximum atomic E-state index is 6.44. The molecule has 1 aliphatic heterocycles. The minimum atomic E-state index is -0.281. The molecule has 0 aliphatic carbocycles. The third kappa shape index (κ3) is 5.34. The second-order valence-electron chi connectivity index (χ2n) is 13.3. The monoisotopic (exact) mass is 655 g/mol. The van der Waals surface area contributed by atoms with Crippen molar-refractivity contribution in [1.82, 2.24) is 10.6 Å². The molecular weight excluding hydrogens is 623 g/mol. The highest BCUT2D eigenvalue weighted by atomic mass is 16.3. The Balaban J connectivity index is 1.07. The largest absolute Gasteiger partial charge is 0.456 e. The lowest BCUT2D eigenvalue weighted by Crippen LogP contribution is -2.45. The van der Waals surface area contributed by atoms with E-state index in [1.165, 1.54) is 38.2 Å². The third-order valence-electron chi connectivity index (χ3n) is 10.1. The van der Waals surface area contributed by atoms with Crippen molar-refractivity contribution in [1.29, 1.82) is 0 Å². The molecule has 2 atom stereocenters. The van der Waals surface area contributed by atoms with Gasteiger partial charge in [-0.25, -0.2) is 4.99 Å². The molecule has 1 aromatic heterocycles. The molecule has 0 saturated carbocycles. The Bertz CT molecular complexity index is 2760. The number of hydrogen-bond donors (Lipinski definition) is 2. The predicted molar refractivity (Wildman–Crippen MR) is 211 cm³/mol. The van der Waals surface area contributed by atoms with E-state index in [9.17, 15) is 0 Å². The van der Waals surface area contributed by atoms with Gasteiger partial charge in [-0.05, 0) is 79.7 Å². The van der Waals surface area contributed by atoms with Gasteiger partial charge in [0, 0.05) is 21.9 Å². The van der Waals surface area contributed by atoms with E-state index in [-0.39, 0.29) is 12.3 Å². The van der Waals surface area contributed by atoms with Crippen molar-refractivity contribution in [3.05, 3.63) is 193 Å². The van der Waals surface area contributed by atoms with Gasteiger partial charge in [-0.3, -0.25) is 5.32 Å². The summed E-state index contributed by atoms with van der Waals surface area (Å²) in [5.74, 6) is 0.850. The van der Waals surface area contributed by atoms with E-state index < -0.39 is 0 Å². The zero-order chi connectivity index (χ0) is 33.7. The number of nitrogens with zero attached hydrogens (tertiary/aromatic N) is 1. The molecule has 0 bridgehead atoms. The Morgan fingerprint density at radius 3 is 1.82 bits per heavy atom. The summed E-state index contributed by atoms with van der Waals surface area (Å²) in [6.07, 6.45) is -0.518. The van der Waals surface area contributed by atoms with Crippen LogP contribution in [0.2, 0.25) is 0 Å². The van der Waals surface area contributed by atoms with Crippen molar-refractivity contribution in [3.8, 4) is 22.3 Å². The summed E-state index contributed by atoms with van der Waals surface area (Å²) in [6.45, 7) is 0. The van der Waals surface area contributed by atoms with Gasteiger partial charge in [0.05, 0.1) is 0 Å².